The number of ether oxygens (including phenoxy) is 1. The molecule has 0 spiro atoms. The first kappa shape index (κ1) is 21.7. The van der Waals surface area contributed by atoms with Gasteiger partial charge in [0.05, 0.1) is 28.5 Å². The maximum atomic E-state index is 13.5. The largest absolute Gasteiger partial charge is 0.463 e. The summed E-state index contributed by atoms with van der Waals surface area (Å²) in [4.78, 5) is 31.4. The highest BCUT2D eigenvalue weighted by Crippen LogP contribution is 2.31. The van der Waals surface area contributed by atoms with Crippen molar-refractivity contribution in [2.45, 2.75) is 19.9 Å². The fourth-order valence-corrected chi connectivity index (χ4v) is 5.09. The summed E-state index contributed by atoms with van der Waals surface area (Å²) in [6.07, 6.45) is 1.83. The standard InChI is InChI=1S/C23H18BrClN2O3S/c1-3-30-22(29)19-13(2)26-23-27(20(19)15-7-9-17(25)10-8-15)21(28)18(31-23)12-14-5-4-6-16(24)11-14/h4-12,20H,3H2,1-2H3/b18-12-/t20-/m1/s1. The molecular weight excluding hydrogens is 500 g/mol. The van der Waals surface area contributed by atoms with Crippen LogP contribution >= 0.6 is 38.9 Å². The molecular formula is C23H18BrClN2O3S. The zero-order valence-electron chi connectivity index (χ0n) is 16.8. The summed E-state index contributed by atoms with van der Waals surface area (Å²) < 4.78 is 8.32. The van der Waals surface area contributed by atoms with Crippen LogP contribution in [0.5, 0.6) is 0 Å². The Hall–Kier alpha value is -2.48. The topological polar surface area (TPSA) is 60.7 Å². The Bertz CT molecular complexity index is 1370. The Morgan fingerprint density at radius 3 is 2.71 bits per heavy atom. The fourth-order valence-electron chi connectivity index (χ4n) is 3.50. The average molecular weight is 518 g/mol. The summed E-state index contributed by atoms with van der Waals surface area (Å²) in [7, 11) is 0. The molecule has 1 aromatic heterocycles. The van der Waals surface area contributed by atoms with Gasteiger partial charge in [-0.1, -0.05) is 63.1 Å². The fraction of sp³-hybridized carbons (Fsp3) is 0.174. The molecule has 2 aromatic carbocycles. The number of halogens is 2. The molecule has 0 saturated carbocycles. The molecule has 2 heterocycles. The van der Waals surface area contributed by atoms with Gasteiger partial charge in [-0.05, 0) is 55.3 Å². The van der Waals surface area contributed by atoms with Gasteiger partial charge in [-0.3, -0.25) is 9.36 Å². The Labute approximate surface area is 196 Å². The molecule has 0 amide bonds. The monoisotopic (exact) mass is 516 g/mol. The molecule has 0 radical (unpaired) electrons. The molecule has 0 unspecified atom stereocenters. The van der Waals surface area contributed by atoms with Crippen LogP contribution in [0.3, 0.4) is 0 Å². The molecule has 0 bridgehead atoms. The lowest BCUT2D eigenvalue weighted by molar-refractivity contribution is -0.139. The van der Waals surface area contributed by atoms with E-state index in [9.17, 15) is 9.59 Å². The maximum absolute atomic E-state index is 13.5. The van der Waals surface area contributed by atoms with E-state index in [1.165, 1.54) is 11.3 Å². The van der Waals surface area contributed by atoms with E-state index in [1.807, 2.05) is 42.5 Å². The molecule has 0 N–H and O–H groups in total. The van der Waals surface area contributed by atoms with Crippen LogP contribution in [0.2, 0.25) is 5.02 Å². The van der Waals surface area contributed by atoms with Gasteiger partial charge in [0, 0.05) is 9.50 Å². The highest BCUT2D eigenvalue weighted by Gasteiger charge is 2.33. The highest BCUT2D eigenvalue weighted by molar-refractivity contribution is 9.10. The lowest BCUT2D eigenvalue weighted by atomic mass is 9.96. The number of fused-ring (bicyclic) bond motifs is 1. The first-order valence-electron chi connectivity index (χ1n) is 9.59. The van der Waals surface area contributed by atoms with Gasteiger partial charge in [0.25, 0.3) is 5.56 Å². The van der Waals surface area contributed by atoms with Gasteiger partial charge in [0.2, 0.25) is 0 Å². The zero-order chi connectivity index (χ0) is 22.1. The minimum atomic E-state index is -0.641. The Morgan fingerprint density at radius 2 is 2.03 bits per heavy atom. The van der Waals surface area contributed by atoms with Gasteiger partial charge in [-0.15, -0.1) is 0 Å². The van der Waals surface area contributed by atoms with Crippen molar-refractivity contribution >= 4 is 50.9 Å². The first-order chi connectivity index (χ1) is 14.9. The predicted molar refractivity (Wildman–Crippen MR) is 126 cm³/mol. The molecule has 1 aliphatic rings. The average Bonchev–Trinajstić information content (AvgIpc) is 3.02. The van der Waals surface area contributed by atoms with E-state index in [0.717, 1.165) is 15.6 Å². The lowest BCUT2D eigenvalue weighted by Gasteiger charge is -2.24. The second-order valence-electron chi connectivity index (χ2n) is 6.91. The zero-order valence-corrected chi connectivity index (χ0v) is 19.9. The number of thiazole rings is 1. The lowest BCUT2D eigenvalue weighted by Crippen LogP contribution is -2.39. The van der Waals surface area contributed by atoms with Gasteiger partial charge in [-0.2, -0.15) is 0 Å². The molecule has 1 aliphatic heterocycles. The Kier molecular flexibility index (Phi) is 6.27. The van der Waals surface area contributed by atoms with Crippen molar-refractivity contribution in [3.63, 3.8) is 0 Å². The highest BCUT2D eigenvalue weighted by atomic mass is 79.9. The van der Waals surface area contributed by atoms with Crippen molar-refractivity contribution in [2.75, 3.05) is 6.61 Å². The van der Waals surface area contributed by atoms with Crippen LogP contribution in [0.1, 0.15) is 31.0 Å². The number of nitrogens with zero attached hydrogens (tertiary/aromatic N) is 2. The third kappa shape index (κ3) is 4.31. The summed E-state index contributed by atoms with van der Waals surface area (Å²) in [5.74, 6) is -0.482. The molecule has 8 heteroatoms. The van der Waals surface area contributed by atoms with Crippen LogP contribution in [0, 0.1) is 0 Å². The van der Waals surface area contributed by atoms with Crippen molar-refractivity contribution in [3.05, 3.63) is 100 Å². The number of rotatable bonds is 4. The summed E-state index contributed by atoms with van der Waals surface area (Å²) in [6.45, 7) is 3.75. The van der Waals surface area contributed by atoms with Crippen molar-refractivity contribution in [1.29, 1.82) is 0 Å². The van der Waals surface area contributed by atoms with E-state index >= 15 is 0 Å². The number of esters is 1. The summed E-state index contributed by atoms with van der Waals surface area (Å²) in [5.41, 5.74) is 2.33. The number of carbonyl (C=O) groups is 1. The van der Waals surface area contributed by atoms with E-state index in [4.69, 9.17) is 16.3 Å². The van der Waals surface area contributed by atoms with Crippen LogP contribution < -0.4 is 14.9 Å². The van der Waals surface area contributed by atoms with Crippen molar-refractivity contribution in [1.82, 2.24) is 4.57 Å². The number of hydrogen-bond acceptors (Lipinski definition) is 5. The molecule has 3 aromatic rings. The molecule has 158 valence electrons. The number of benzene rings is 2. The number of carbonyl (C=O) groups excluding carboxylic acids is 1. The molecule has 0 aliphatic carbocycles. The molecule has 1 atom stereocenters. The Balaban J connectivity index is 1.96. The summed E-state index contributed by atoms with van der Waals surface area (Å²) >= 11 is 10.8. The van der Waals surface area contributed by atoms with Crippen LogP contribution in [0.25, 0.3) is 6.08 Å². The number of allylic oxidation sites excluding steroid dienone is 1. The molecule has 0 fully saturated rings. The molecule has 4 rings (SSSR count). The Morgan fingerprint density at radius 1 is 1.29 bits per heavy atom. The van der Waals surface area contributed by atoms with Crippen LogP contribution in [-0.4, -0.2) is 17.1 Å². The van der Waals surface area contributed by atoms with Gasteiger partial charge in [0.15, 0.2) is 4.80 Å². The van der Waals surface area contributed by atoms with Gasteiger partial charge < -0.3 is 4.74 Å². The second-order valence-corrected chi connectivity index (χ2v) is 9.27. The minimum Gasteiger partial charge on any atom is -0.463 e. The quantitative estimate of drug-likeness (QED) is 0.487. The van der Waals surface area contributed by atoms with E-state index in [1.54, 1.807) is 30.5 Å². The van der Waals surface area contributed by atoms with Crippen molar-refractivity contribution in [2.24, 2.45) is 4.99 Å². The first-order valence-corrected chi connectivity index (χ1v) is 11.6. The van der Waals surface area contributed by atoms with E-state index in [-0.39, 0.29) is 12.2 Å². The molecule has 5 nitrogen and oxygen atoms in total. The summed E-state index contributed by atoms with van der Waals surface area (Å²) in [5, 5.41) is 0.573. The van der Waals surface area contributed by atoms with E-state index in [2.05, 4.69) is 20.9 Å². The van der Waals surface area contributed by atoms with Gasteiger partial charge >= 0.3 is 5.97 Å². The van der Waals surface area contributed by atoms with Gasteiger partial charge in [0.1, 0.15) is 0 Å². The van der Waals surface area contributed by atoms with Crippen molar-refractivity contribution < 1.29 is 9.53 Å². The smallest absolute Gasteiger partial charge is 0.338 e. The third-order valence-corrected chi connectivity index (χ3v) is 6.58. The number of hydrogen-bond donors (Lipinski definition) is 0. The minimum absolute atomic E-state index is 0.210. The van der Waals surface area contributed by atoms with Gasteiger partial charge in [-0.25, -0.2) is 9.79 Å². The molecule has 0 saturated heterocycles. The molecule has 31 heavy (non-hydrogen) atoms. The normalized spacial score (nSPS) is 16.1. The predicted octanol–water partition coefficient (Wildman–Crippen LogP) is 4.21. The van der Waals surface area contributed by atoms with Crippen LogP contribution in [0.15, 0.2) is 74.1 Å². The number of aromatic nitrogens is 1. The van der Waals surface area contributed by atoms with Crippen LogP contribution in [-0.2, 0) is 9.53 Å². The summed E-state index contributed by atoms with van der Waals surface area (Å²) in [6, 6.07) is 14.2. The third-order valence-electron chi connectivity index (χ3n) is 4.85. The second kappa shape index (κ2) is 8.94. The van der Waals surface area contributed by atoms with E-state index < -0.39 is 12.0 Å². The maximum Gasteiger partial charge on any atom is 0.338 e. The SMILES string of the molecule is CCOC(=O)C1=C(C)N=c2s/c(=C\c3cccc(Br)c3)c(=O)n2[C@@H]1c1ccc(Cl)cc1. The van der Waals surface area contributed by atoms with E-state index in [0.29, 0.717) is 25.6 Å². The van der Waals surface area contributed by atoms with Crippen molar-refractivity contribution in [3.8, 4) is 0 Å². The van der Waals surface area contributed by atoms with Crippen LogP contribution in [0.4, 0.5) is 0 Å².